The van der Waals surface area contributed by atoms with Gasteiger partial charge in [0.25, 0.3) is 0 Å². The molecular weight excluding hydrogens is 709 g/mol. The third-order valence-electron chi connectivity index (χ3n) is 11.5. The van der Waals surface area contributed by atoms with Crippen LogP contribution in [0, 0.1) is 0 Å². The molecule has 0 fully saturated rings. The minimum atomic E-state index is 0.797. The molecule has 0 bridgehead atoms. The van der Waals surface area contributed by atoms with Crippen LogP contribution >= 0.6 is 0 Å². The minimum Gasteiger partial charge on any atom is -0.316 e. The van der Waals surface area contributed by atoms with Crippen molar-refractivity contribution in [1.29, 1.82) is 0 Å². The minimum absolute atomic E-state index is 0.797. The molecule has 272 valence electrons. The summed E-state index contributed by atoms with van der Waals surface area (Å²) in [6, 6.07) is 71.2. The number of hydrogen-bond acceptors (Lipinski definition) is 2. The van der Waals surface area contributed by atoms with E-state index in [0.29, 0.717) is 0 Å². The molecule has 0 spiro atoms. The number of para-hydroxylation sites is 3. The van der Waals surface area contributed by atoms with E-state index in [1.807, 2.05) is 36.4 Å². The van der Waals surface area contributed by atoms with E-state index in [0.717, 1.165) is 62.1 Å². The second kappa shape index (κ2) is 12.8. The molecule has 0 atom stereocenters. The third-order valence-corrected chi connectivity index (χ3v) is 11.5. The highest BCUT2D eigenvalue weighted by atomic mass is 15.3. The Labute approximate surface area is 333 Å². The Morgan fingerprint density at radius 3 is 1.36 bits per heavy atom. The van der Waals surface area contributed by atoms with E-state index >= 15 is 0 Å². The molecule has 0 radical (unpaired) electrons. The standard InChI is InChI=1S/C52H34N6/c1-5-15-35(16-6-1)51-53-54-52(36-17-7-2-8-18-36)58(51)41-27-25-40(26-28-41)57-49-32-44-42-23-13-14-24-46(42)56(39-21-11-4-12-22-39)48(44)33-45(49)43-31-37-29-30-55(47(37)34-50(43)57)38-19-9-3-10-20-38/h1-34H. The van der Waals surface area contributed by atoms with Gasteiger partial charge in [-0.05, 0) is 84.9 Å². The van der Waals surface area contributed by atoms with Crippen LogP contribution in [0.25, 0.3) is 100 Å². The van der Waals surface area contributed by atoms with E-state index in [1.54, 1.807) is 0 Å². The molecule has 12 rings (SSSR count). The van der Waals surface area contributed by atoms with Crippen LogP contribution in [0.3, 0.4) is 0 Å². The van der Waals surface area contributed by atoms with Crippen molar-refractivity contribution >= 4 is 54.5 Å². The van der Waals surface area contributed by atoms with Gasteiger partial charge < -0.3 is 13.7 Å². The molecule has 4 aromatic heterocycles. The van der Waals surface area contributed by atoms with Crippen molar-refractivity contribution in [2.24, 2.45) is 0 Å². The van der Waals surface area contributed by atoms with E-state index in [9.17, 15) is 0 Å². The molecule has 0 saturated carbocycles. The Bertz CT molecular complexity index is 3410. The molecule has 8 aromatic carbocycles. The average Bonchev–Trinajstić information content (AvgIpc) is 4.07. The van der Waals surface area contributed by atoms with Gasteiger partial charge >= 0.3 is 0 Å². The molecule has 58 heavy (non-hydrogen) atoms. The van der Waals surface area contributed by atoms with Crippen LogP contribution in [0.2, 0.25) is 0 Å². The van der Waals surface area contributed by atoms with Crippen molar-refractivity contribution in [3.05, 3.63) is 206 Å². The van der Waals surface area contributed by atoms with Crippen molar-refractivity contribution in [3.8, 4) is 45.5 Å². The van der Waals surface area contributed by atoms with Crippen LogP contribution < -0.4 is 0 Å². The molecule has 0 saturated heterocycles. The van der Waals surface area contributed by atoms with Gasteiger partial charge in [-0.3, -0.25) is 4.57 Å². The largest absolute Gasteiger partial charge is 0.316 e. The molecule has 0 aliphatic carbocycles. The van der Waals surface area contributed by atoms with E-state index in [4.69, 9.17) is 10.2 Å². The first-order valence-electron chi connectivity index (χ1n) is 19.6. The number of hydrogen-bond donors (Lipinski definition) is 0. The summed E-state index contributed by atoms with van der Waals surface area (Å²) in [5.74, 6) is 1.59. The lowest BCUT2D eigenvalue weighted by molar-refractivity contribution is 1.07. The van der Waals surface area contributed by atoms with Crippen molar-refractivity contribution in [1.82, 2.24) is 28.5 Å². The molecular formula is C52H34N6. The summed E-state index contributed by atoms with van der Waals surface area (Å²) in [5, 5.41) is 15.5. The van der Waals surface area contributed by atoms with Gasteiger partial charge in [-0.25, -0.2) is 0 Å². The summed E-state index contributed by atoms with van der Waals surface area (Å²) >= 11 is 0. The summed E-state index contributed by atoms with van der Waals surface area (Å²) in [7, 11) is 0. The number of rotatable bonds is 6. The van der Waals surface area contributed by atoms with Gasteiger partial charge in [0.2, 0.25) is 0 Å². The fourth-order valence-electron chi connectivity index (χ4n) is 8.88. The molecule has 0 aliphatic rings. The van der Waals surface area contributed by atoms with E-state index in [-0.39, 0.29) is 0 Å². The van der Waals surface area contributed by atoms with Gasteiger partial charge in [-0.2, -0.15) is 0 Å². The Morgan fingerprint density at radius 1 is 0.293 bits per heavy atom. The van der Waals surface area contributed by atoms with Crippen molar-refractivity contribution in [2.45, 2.75) is 0 Å². The van der Waals surface area contributed by atoms with Crippen LogP contribution in [0.4, 0.5) is 0 Å². The predicted octanol–water partition coefficient (Wildman–Crippen LogP) is 12.7. The molecule has 4 heterocycles. The Balaban J connectivity index is 1.13. The number of fused-ring (bicyclic) bond motifs is 7. The lowest BCUT2D eigenvalue weighted by atomic mass is 10.1. The van der Waals surface area contributed by atoms with Gasteiger partial charge in [0.1, 0.15) is 0 Å². The highest BCUT2D eigenvalue weighted by molar-refractivity contribution is 6.20. The van der Waals surface area contributed by atoms with Gasteiger partial charge in [-0.1, -0.05) is 115 Å². The quantitative estimate of drug-likeness (QED) is 0.170. The first-order valence-corrected chi connectivity index (χ1v) is 19.6. The van der Waals surface area contributed by atoms with Crippen molar-refractivity contribution in [2.75, 3.05) is 0 Å². The van der Waals surface area contributed by atoms with Crippen LogP contribution in [0.5, 0.6) is 0 Å². The van der Waals surface area contributed by atoms with Crippen LogP contribution in [0.15, 0.2) is 206 Å². The number of nitrogens with zero attached hydrogens (tertiary/aromatic N) is 6. The fraction of sp³-hybridized carbons (Fsp3) is 0. The zero-order chi connectivity index (χ0) is 38.2. The lowest BCUT2D eigenvalue weighted by Crippen LogP contribution is -2.01. The highest BCUT2D eigenvalue weighted by Gasteiger charge is 2.21. The second-order valence-electron chi connectivity index (χ2n) is 14.8. The topological polar surface area (TPSA) is 45.5 Å². The fourth-order valence-corrected chi connectivity index (χ4v) is 8.88. The molecule has 0 unspecified atom stereocenters. The molecule has 0 N–H and O–H groups in total. The van der Waals surface area contributed by atoms with Crippen molar-refractivity contribution < 1.29 is 0 Å². The Morgan fingerprint density at radius 2 is 0.741 bits per heavy atom. The maximum absolute atomic E-state index is 4.73. The Kier molecular flexibility index (Phi) is 7.13. The number of benzene rings is 8. The zero-order valence-electron chi connectivity index (χ0n) is 31.3. The predicted molar refractivity (Wildman–Crippen MR) is 238 cm³/mol. The maximum atomic E-state index is 4.73. The molecule has 12 aromatic rings. The summed E-state index contributed by atoms with van der Waals surface area (Å²) < 4.78 is 9.29. The van der Waals surface area contributed by atoms with Gasteiger partial charge in [0.05, 0.1) is 27.6 Å². The average molecular weight is 743 g/mol. The molecule has 6 nitrogen and oxygen atoms in total. The van der Waals surface area contributed by atoms with Crippen LogP contribution in [-0.2, 0) is 0 Å². The monoisotopic (exact) mass is 742 g/mol. The van der Waals surface area contributed by atoms with E-state index in [2.05, 4.69) is 188 Å². The van der Waals surface area contributed by atoms with Gasteiger partial charge in [0.15, 0.2) is 11.6 Å². The van der Waals surface area contributed by atoms with Gasteiger partial charge in [-0.15, -0.1) is 10.2 Å². The molecule has 0 amide bonds. The molecule has 0 aliphatic heterocycles. The van der Waals surface area contributed by atoms with Crippen LogP contribution in [-0.4, -0.2) is 28.5 Å². The lowest BCUT2D eigenvalue weighted by Gasteiger charge is -2.14. The van der Waals surface area contributed by atoms with E-state index in [1.165, 1.54) is 38.0 Å². The summed E-state index contributed by atoms with van der Waals surface area (Å²) in [5.41, 5.74) is 12.2. The second-order valence-corrected chi connectivity index (χ2v) is 14.8. The van der Waals surface area contributed by atoms with Crippen molar-refractivity contribution in [3.63, 3.8) is 0 Å². The van der Waals surface area contributed by atoms with Gasteiger partial charge in [0, 0.05) is 67.0 Å². The first kappa shape index (κ1) is 32.3. The normalized spacial score (nSPS) is 11.8. The highest BCUT2D eigenvalue weighted by Crippen LogP contribution is 2.41. The van der Waals surface area contributed by atoms with E-state index < -0.39 is 0 Å². The SMILES string of the molecule is c1ccc(-c2nnc(-c3ccccc3)n2-c2ccc(-n3c4cc5c6ccccc6n(-c6ccccc6)c5cc4c4cc5ccn(-c6ccccc6)c5cc43)cc2)cc1. The first-order chi connectivity index (χ1) is 28.8. The smallest absolute Gasteiger partial charge is 0.168 e. The zero-order valence-corrected chi connectivity index (χ0v) is 31.3. The summed E-state index contributed by atoms with van der Waals surface area (Å²) in [6.07, 6.45) is 2.18. The number of aromatic nitrogens is 6. The summed E-state index contributed by atoms with van der Waals surface area (Å²) in [4.78, 5) is 0. The third kappa shape index (κ3) is 4.92. The Hall–Kier alpha value is -7.96. The molecule has 6 heteroatoms. The summed E-state index contributed by atoms with van der Waals surface area (Å²) in [6.45, 7) is 0. The van der Waals surface area contributed by atoms with Crippen LogP contribution in [0.1, 0.15) is 0 Å². The maximum Gasteiger partial charge on any atom is 0.168 e.